The third kappa shape index (κ3) is 24.1. The van der Waals surface area contributed by atoms with Gasteiger partial charge in [-0.1, -0.05) is 0 Å². The minimum absolute atomic E-state index is 0.854. The number of aliphatic hydroxyl groups excluding tert-OH is 27. The van der Waals surface area contributed by atoms with E-state index in [1.54, 1.807) is 0 Å². The van der Waals surface area contributed by atoms with Gasteiger partial charge in [0, 0.05) is 41.0 Å². The third-order valence-corrected chi connectivity index (χ3v) is 23.8. The molecule has 0 radical (unpaired) electrons. The smallest absolute Gasteiger partial charge is 0.364 e. The molecule has 0 aliphatic carbocycles. The monoisotopic (exact) mass is 1920 g/mol. The molecule has 0 aromatic heterocycles. The van der Waals surface area contributed by atoms with E-state index in [0.717, 1.165) is 34.6 Å². The predicted molar refractivity (Wildman–Crippen MR) is 403 cm³/mol. The van der Waals surface area contributed by atoms with Crippen molar-refractivity contribution in [1.82, 2.24) is 26.6 Å². The van der Waals surface area contributed by atoms with Crippen LogP contribution in [0.1, 0.15) is 48.0 Å². The minimum Gasteiger partial charge on any atom is -0.477 e. The quantitative estimate of drug-likeness (QED) is 0.0280. The summed E-state index contributed by atoms with van der Waals surface area (Å²) >= 11 is 0. The van der Waals surface area contributed by atoms with Gasteiger partial charge in [-0.15, -0.1) is 0 Å². The summed E-state index contributed by atoms with van der Waals surface area (Å²) in [6.45, 7) is -4.61. The second-order valence-electron chi connectivity index (χ2n) is 33.2. The van der Waals surface area contributed by atoms with Crippen LogP contribution in [0.15, 0.2) is 0 Å². The van der Waals surface area contributed by atoms with Gasteiger partial charge >= 0.3 is 5.97 Å². The number of rotatable bonds is 35. The highest BCUT2D eigenvalue weighted by Crippen LogP contribution is 2.43. The first-order chi connectivity index (χ1) is 61.7. The molecule has 58 nitrogen and oxygen atoms in total. The van der Waals surface area contributed by atoms with Crippen molar-refractivity contribution in [2.75, 3.05) is 59.5 Å². The first kappa shape index (κ1) is 108. The van der Waals surface area contributed by atoms with Crippen molar-refractivity contribution in [1.29, 1.82) is 0 Å². The van der Waals surface area contributed by atoms with Crippen molar-refractivity contribution in [2.45, 2.75) is 360 Å². The molecule has 756 valence electrons. The highest BCUT2D eigenvalue weighted by atomic mass is 16.8. The van der Waals surface area contributed by atoms with Gasteiger partial charge in [-0.05, 0) is 6.92 Å². The highest BCUT2D eigenvalue weighted by molar-refractivity contribution is 5.77. The van der Waals surface area contributed by atoms with Crippen molar-refractivity contribution >= 4 is 35.5 Å². The normalized spacial score (nSPS) is 47.5. The molecule has 10 aliphatic heterocycles. The van der Waals surface area contributed by atoms with Crippen molar-refractivity contribution in [3.05, 3.63) is 0 Å². The Balaban J connectivity index is 0.975. The molecule has 10 aliphatic rings. The number of carbonyl (C=O) groups excluding carboxylic acids is 5. The molecular weight excluding hydrogens is 1790 g/mol. The van der Waals surface area contributed by atoms with Gasteiger partial charge in [0.05, 0.1) is 77.7 Å². The second-order valence-corrected chi connectivity index (χ2v) is 33.2. The summed E-state index contributed by atoms with van der Waals surface area (Å²) in [5, 5.41) is 327. The number of hydrogen-bond donors (Lipinski definition) is 33. The van der Waals surface area contributed by atoms with Gasteiger partial charge in [0.1, 0.15) is 232 Å². The van der Waals surface area contributed by atoms with Gasteiger partial charge < -0.3 is 260 Å². The Hall–Kier alpha value is -5.02. The summed E-state index contributed by atoms with van der Waals surface area (Å²) in [6.07, 6.45) is -98.6. The summed E-state index contributed by atoms with van der Waals surface area (Å²) in [4.78, 5) is 77.2. The largest absolute Gasteiger partial charge is 0.477 e. The van der Waals surface area contributed by atoms with E-state index in [-0.39, 0.29) is 0 Å². The van der Waals surface area contributed by atoms with Crippen LogP contribution in [0.3, 0.4) is 0 Å². The Bertz CT molecular complexity index is 3670. The van der Waals surface area contributed by atoms with Crippen molar-refractivity contribution < 1.29 is 262 Å². The van der Waals surface area contributed by atoms with Gasteiger partial charge in [0.2, 0.25) is 29.5 Å². The van der Waals surface area contributed by atoms with Gasteiger partial charge in [0.25, 0.3) is 5.79 Å². The summed E-state index contributed by atoms with van der Waals surface area (Å²) < 4.78 is 113. The molecule has 10 heterocycles. The van der Waals surface area contributed by atoms with Crippen LogP contribution < -0.4 is 26.6 Å². The Morgan fingerprint density at radius 1 is 0.328 bits per heavy atom. The molecule has 0 spiro atoms. The Morgan fingerprint density at radius 2 is 0.679 bits per heavy atom. The first-order valence-corrected chi connectivity index (χ1v) is 41.6. The summed E-state index contributed by atoms with van der Waals surface area (Å²) in [7, 11) is 0. The van der Waals surface area contributed by atoms with Gasteiger partial charge in [-0.25, -0.2) is 4.79 Å². The second kappa shape index (κ2) is 46.6. The lowest BCUT2D eigenvalue weighted by Crippen LogP contribution is -2.71. The number of carbonyl (C=O) groups is 6. The minimum atomic E-state index is -3.33. The fourth-order valence-electron chi connectivity index (χ4n) is 16.9. The van der Waals surface area contributed by atoms with E-state index in [4.69, 9.17) is 90.0 Å². The predicted octanol–water partition coefficient (Wildman–Crippen LogP) is -21.9. The third-order valence-electron chi connectivity index (χ3n) is 23.8. The molecule has 131 heavy (non-hydrogen) atoms. The fraction of sp³-hybridized carbons (Fsp3) is 0.918. The average Bonchev–Trinajstić information content (AvgIpc) is 0.747. The van der Waals surface area contributed by atoms with Crippen LogP contribution in [-0.2, 0) is 119 Å². The maximum Gasteiger partial charge on any atom is 0.364 e. The van der Waals surface area contributed by atoms with E-state index in [0.29, 0.717) is 0 Å². The Kier molecular flexibility index (Phi) is 38.4. The van der Waals surface area contributed by atoms with Crippen LogP contribution in [0.2, 0.25) is 0 Å². The molecule has 58 heteroatoms. The topological polar surface area (TPSA) is 904 Å². The van der Waals surface area contributed by atoms with Gasteiger partial charge in [-0.2, -0.15) is 0 Å². The zero-order valence-corrected chi connectivity index (χ0v) is 70.7. The average molecular weight is 1920 g/mol. The number of ether oxygens (including phenoxy) is 19. The molecule has 0 unspecified atom stereocenters. The first-order valence-electron chi connectivity index (χ1n) is 41.6. The van der Waals surface area contributed by atoms with E-state index in [1.165, 1.54) is 6.92 Å². The molecule has 0 aromatic carbocycles. The van der Waals surface area contributed by atoms with Crippen LogP contribution >= 0.6 is 0 Å². The van der Waals surface area contributed by atoms with E-state index in [9.17, 15) is 172 Å². The van der Waals surface area contributed by atoms with Crippen molar-refractivity contribution in [3.8, 4) is 0 Å². The van der Waals surface area contributed by atoms with Crippen LogP contribution in [0.4, 0.5) is 0 Å². The fourth-order valence-corrected chi connectivity index (χ4v) is 16.9. The molecule has 0 aromatic rings. The summed E-state index contributed by atoms with van der Waals surface area (Å²) in [5.41, 5.74) is 0. The van der Waals surface area contributed by atoms with E-state index in [1.807, 2.05) is 0 Å². The van der Waals surface area contributed by atoms with E-state index >= 15 is 0 Å². The lowest BCUT2D eigenvalue weighted by Gasteiger charge is -2.51. The lowest BCUT2D eigenvalue weighted by atomic mass is 9.88. The van der Waals surface area contributed by atoms with Gasteiger partial charge in [0.15, 0.2) is 56.6 Å². The zero-order chi connectivity index (χ0) is 96.9. The lowest BCUT2D eigenvalue weighted by molar-refractivity contribution is -0.401. The summed E-state index contributed by atoms with van der Waals surface area (Å²) in [5.74, 6) is -10.2. The molecule has 5 amide bonds. The van der Waals surface area contributed by atoms with Crippen LogP contribution in [0.5, 0.6) is 0 Å². The SMILES string of the molecule is CC(=O)N[C@@H]1[C@@H](O)[C@H](O[C@@H]2O[C@H](CO)[C@@H](O[C@@H]3O[C@H](CO[C@H]4O[C@H](CO)[C@@H](O)[C@H](O)[C@@H]4O[C@@H]4O[C@H](CO)[C@@H](O)[C@H](O)[C@H]4NC(C)=O)[C@@H](O)[C@H](O[C@H]4O[C@H](CO)[C@@H](O)[C@H](O)[C@@H]4O[C@@H]4O[C@H](CO)[C@@H](O[C@@H]5O[C@H](CO)[C@H](O)[C@H](O[C@]6(C(=O)O)C[C@H](O)[C@@H](NC(C)=O)[C@H]([C@H](O)[C@H](O)CO)O6)[C@H]5O)[C@H](O)[C@H]4NC(C)=O)[C@@H]3O)[C@H](O)[C@H]2NC(C)=O)[C@@H](CO[C@H]2O[C@H](C)[C@H](O)[C@H](O)[C@H]2O)O[C@H]1O. The standard InChI is InChI=1S/C73H121N5O53/c1-17-38(93)49(104)52(107)67(115-17)113-16-32-57(46(101)34(63(110)116-32)75-19(3)87)124-65-36(77-21(5)89)47(102)55(29(13-84)121-65)125-68-53(108)59(44(99)31(123-68)15-114-70-61(50(105)41(96)26(10-81)119-70)128-64-35(76-20(4)88)45(100)40(95)25(9-80)117-64)127-71-62(51(106)42(97)27(11-82)120-71)129-66-37(78-22(6)90)48(103)56(30(14-85)122-66)126-69-54(109)60(43(98)28(12-83)118-69)131-73(72(111)112)7-23(91)33(74-18(2)86)58(130-73)39(94)24(92)8-79/h17,23-71,79-85,91-110H,7-16H2,1-6H3,(H,74,86)(H,75,87)(H,76,88)(H,77,89)(H,78,90)(H,111,112)/t17-,23+,24-,25-,26-,27-,28-,29-,30-,31-,32-,33-,34-,35-,36-,37-,38+,39-,40-,41-,42-,43+,44-,45-,46-,47-,48-,49+,50+,51+,52-,53+,54-,55-,56-,57-,58-,59+,60+,61+,62+,63-,64+,65+,66+,67+,68+,69+,70+,71-,73+/m1/s1. The van der Waals surface area contributed by atoms with Crippen molar-refractivity contribution in [2.24, 2.45) is 0 Å². The van der Waals surface area contributed by atoms with Crippen LogP contribution in [-0.4, -0.2) is 550 Å². The van der Waals surface area contributed by atoms with Crippen LogP contribution in [0.25, 0.3) is 0 Å². The molecule has 51 atom stereocenters. The van der Waals surface area contributed by atoms with E-state index in [2.05, 4.69) is 26.6 Å². The number of amides is 5. The van der Waals surface area contributed by atoms with E-state index < -0.39 is 414 Å². The molecule has 0 saturated carbocycles. The number of carboxylic acid groups (broad SMARTS) is 1. The van der Waals surface area contributed by atoms with Gasteiger partial charge in [-0.3, -0.25) is 24.0 Å². The maximum absolute atomic E-state index is 13.3. The zero-order valence-electron chi connectivity index (χ0n) is 70.7. The van der Waals surface area contributed by atoms with Crippen LogP contribution in [0, 0.1) is 0 Å². The molecule has 33 N–H and O–H groups in total. The highest BCUT2D eigenvalue weighted by Gasteiger charge is 2.64. The number of carboxylic acids is 1. The number of aliphatic hydroxyl groups is 27. The number of hydrogen-bond acceptors (Lipinski definition) is 52. The summed E-state index contributed by atoms with van der Waals surface area (Å²) in [6, 6.07) is -9.52. The number of nitrogens with one attached hydrogen (secondary N) is 5. The van der Waals surface area contributed by atoms with Crippen molar-refractivity contribution in [3.63, 3.8) is 0 Å². The maximum atomic E-state index is 13.3. The molecular formula is C73H121N5O53. The molecule has 10 rings (SSSR count). The molecule has 0 bridgehead atoms. The Morgan fingerprint density at radius 3 is 1.15 bits per heavy atom. The number of aliphatic carboxylic acids is 1. The molecule has 10 saturated heterocycles. The Labute approximate surface area is 741 Å². The molecule has 10 fully saturated rings.